The van der Waals surface area contributed by atoms with Crippen LogP contribution in [0.5, 0.6) is 0 Å². The molecule has 1 rings (SSSR count). The van der Waals surface area contributed by atoms with Crippen LogP contribution in [-0.2, 0) is 6.42 Å². The molecule has 0 unspecified atom stereocenters. The first-order chi connectivity index (χ1) is 5.68. The topological polar surface area (TPSA) is 40.5 Å². The summed E-state index contributed by atoms with van der Waals surface area (Å²) in [4.78, 5) is 0. The zero-order chi connectivity index (χ0) is 8.97. The van der Waals surface area contributed by atoms with E-state index in [-0.39, 0.29) is 12.1 Å². The van der Waals surface area contributed by atoms with Gasteiger partial charge in [-0.15, -0.1) is 0 Å². The van der Waals surface area contributed by atoms with Gasteiger partial charge in [0.05, 0.1) is 0 Å². The quantitative estimate of drug-likeness (QED) is 0.656. The molecule has 0 atom stereocenters. The van der Waals surface area contributed by atoms with Crippen molar-refractivity contribution in [2.45, 2.75) is 12.7 Å². The molecular weight excluding hydrogens is 158 g/mol. The van der Waals surface area contributed by atoms with E-state index in [4.69, 9.17) is 10.0 Å². The molecule has 0 saturated heterocycles. The molecule has 0 aliphatic heterocycles. The summed E-state index contributed by atoms with van der Waals surface area (Å²) in [6, 6.07) is 6.11. The van der Waals surface area contributed by atoms with Crippen LogP contribution in [0.2, 0.25) is 6.32 Å². The van der Waals surface area contributed by atoms with Crippen molar-refractivity contribution in [1.82, 2.24) is 0 Å². The fraction of sp³-hybridized carbons (Fsp3) is 0.250. The van der Waals surface area contributed by atoms with Crippen LogP contribution >= 0.6 is 0 Å². The van der Waals surface area contributed by atoms with Crippen LogP contribution in [0.3, 0.4) is 0 Å². The summed E-state index contributed by atoms with van der Waals surface area (Å²) in [5.41, 5.74) is 0.781. The third kappa shape index (κ3) is 3.03. The van der Waals surface area contributed by atoms with Gasteiger partial charge in [0.15, 0.2) is 0 Å². The van der Waals surface area contributed by atoms with E-state index < -0.39 is 7.12 Å². The first-order valence-corrected chi connectivity index (χ1v) is 3.79. The van der Waals surface area contributed by atoms with Gasteiger partial charge in [0.1, 0.15) is 5.82 Å². The van der Waals surface area contributed by atoms with Crippen LogP contribution in [0.25, 0.3) is 0 Å². The molecule has 0 spiro atoms. The number of hydrogen-bond acceptors (Lipinski definition) is 2. The summed E-state index contributed by atoms with van der Waals surface area (Å²) in [6.07, 6.45) is 0.721. The molecule has 0 fully saturated rings. The summed E-state index contributed by atoms with van der Waals surface area (Å²) < 4.78 is 12.6. The Morgan fingerprint density at radius 1 is 1.33 bits per heavy atom. The summed E-state index contributed by atoms with van der Waals surface area (Å²) >= 11 is 0. The number of hydrogen-bond donors (Lipinski definition) is 2. The smallest absolute Gasteiger partial charge is 0.427 e. The van der Waals surface area contributed by atoms with E-state index in [2.05, 4.69) is 0 Å². The first-order valence-electron chi connectivity index (χ1n) is 3.79. The lowest BCUT2D eigenvalue weighted by Gasteiger charge is -1.99. The molecule has 1 aromatic rings. The van der Waals surface area contributed by atoms with Gasteiger partial charge in [-0.1, -0.05) is 12.1 Å². The Bertz CT molecular complexity index is 253. The molecule has 4 heteroatoms. The SMILES string of the molecule is OB(O)CCc1cccc(F)c1. The van der Waals surface area contributed by atoms with Gasteiger partial charge < -0.3 is 10.0 Å². The van der Waals surface area contributed by atoms with Crippen LogP contribution in [0.1, 0.15) is 5.56 Å². The molecular formula is C8H10BFO2. The summed E-state index contributed by atoms with van der Waals surface area (Å²) in [5.74, 6) is -0.292. The van der Waals surface area contributed by atoms with Gasteiger partial charge in [0.25, 0.3) is 0 Å². The van der Waals surface area contributed by atoms with Gasteiger partial charge in [0.2, 0.25) is 0 Å². The van der Waals surface area contributed by atoms with Gasteiger partial charge in [-0.2, -0.15) is 0 Å². The van der Waals surface area contributed by atoms with Crippen molar-refractivity contribution in [2.75, 3.05) is 0 Å². The number of rotatable bonds is 3. The number of benzene rings is 1. The predicted octanol–water partition coefficient (Wildman–Crippen LogP) is 0.841. The minimum atomic E-state index is -1.31. The van der Waals surface area contributed by atoms with E-state index in [0.29, 0.717) is 6.42 Å². The third-order valence-electron chi connectivity index (χ3n) is 1.58. The predicted molar refractivity (Wildman–Crippen MR) is 45.1 cm³/mol. The summed E-state index contributed by atoms with van der Waals surface area (Å²) in [6.45, 7) is 0. The van der Waals surface area contributed by atoms with Crippen molar-refractivity contribution in [3.05, 3.63) is 35.6 Å². The maximum Gasteiger partial charge on any atom is 0.451 e. The van der Waals surface area contributed by atoms with Gasteiger partial charge in [-0.25, -0.2) is 4.39 Å². The van der Waals surface area contributed by atoms with E-state index in [1.807, 2.05) is 0 Å². The lowest BCUT2D eigenvalue weighted by atomic mass is 9.83. The van der Waals surface area contributed by atoms with E-state index in [0.717, 1.165) is 5.56 Å². The summed E-state index contributed by atoms with van der Waals surface area (Å²) in [7, 11) is -1.31. The molecule has 0 saturated carbocycles. The number of aryl methyl sites for hydroxylation is 1. The first kappa shape index (κ1) is 9.22. The van der Waals surface area contributed by atoms with Gasteiger partial charge >= 0.3 is 7.12 Å². The molecule has 12 heavy (non-hydrogen) atoms. The fourth-order valence-electron chi connectivity index (χ4n) is 0.988. The van der Waals surface area contributed by atoms with Crippen LogP contribution in [0.4, 0.5) is 4.39 Å². The highest BCUT2D eigenvalue weighted by Gasteiger charge is 2.06. The van der Waals surface area contributed by atoms with Crippen molar-refractivity contribution in [1.29, 1.82) is 0 Å². The molecule has 0 aliphatic rings. The second-order valence-corrected chi connectivity index (χ2v) is 2.65. The van der Waals surface area contributed by atoms with E-state index >= 15 is 0 Å². The highest BCUT2D eigenvalue weighted by molar-refractivity contribution is 6.40. The molecule has 64 valence electrons. The van der Waals surface area contributed by atoms with Crippen LogP contribution in [-0.4, -0.2) is 17.2 Å². The lowest BCUT2D eigenvalue weighted by Crippen LogP contribution is -2.11. The van der Waals surface area contributed by atoms with Gasteiger partial charge in [-0.05, 0) is 30.4 Å². The Balaban J connectivity index is 2.52. The average molecular weight is 168 g/mol. The zero-order valence-corrected chi connectivity index (χ0v) is 6.57. The Morgan fingerprint density at radius 3 is 2.67 bits per heavy atom. The highest BCUT2D eigenvalue weighted by Crippen LogP contribution is 2.06. The Kier molecular flexibility index (Phi) is 3.25. The van der Waals surface area contributed by atoms with E-state index in [9.17, 15) is 4.39 Å². The Morgan fingerprint density at radius 2 is 2.08 bits per heavy atom. The summed E-state index contributed by atoms with van der Waals surface area (Å²) in [5, 5.41) is 17.1. The van der Waals surface area contributed by atoms with Crippen molar-refractivity contribution in [3.63, 3.8) is 0 Å². The van der Waals surface area contributed by atoms with Crippen molar-refractivity contribution >= 4 is 7.12 Å². The fourth-order valence-corrected chi connectivity index (χ4v) is 0.988. The average Bonchev–Trinajstić information content (AvgIpc) is 2.01. The molecule has 0 aromatic heterocycles. The number of halogens is 1. The van der Waals surface area contributed by atoms with E-state index in [1.165, 1.54) is 12.1 Å². The molecule has 2 nitrogen and oxygen atoms in total. The van der Waals surface area contributed by atoms with Crippen molar-refractivity contribution < 1.29 is 14.4 Å². The second kappa shape index (κ2) is 4.23. The molecule has 2 N–H and O–H groups in total. The molecule has 0 heterocycles. The monoisotopic (exact) mass is 168 g/mol. The molecule has 0 bridgehead atoms. The van der Waals surface area contributed by atoms with Gasteiger partial charge in [0, 0.05) is 0 Å². The van der Waals surface area contributed by atoms with Crippen molar-refractivity contribution in [2.24, 2.45) is 0 Å². The maximum absolute atomic E-state index is 12.6. The lowest BCUT2D eigenvalue weighted by molar-refractivity contribution is 0.405. The Labute approximate surface area is 70.8 Å². The minimum Gasteiger partial charge on any atom is -0.427 e. The maximum atomic E-state index is 12.6. The molecule has 0 aliphatic carbocycles. The molecule has 0 amide bonds. The largest absolute Gasteiger partial charge is 0.451 e. The normalized spacial score (nSPS) is 9.92. The molecule has 1 aromatic carbocycles. The molecule has 0 radical (unpaired) electrons. The third-order valence-corrected chi connectivity index (χ3v) is 1.58. The van der Waals surface area contributed by atoms with Crippen LogP contribution < -0.4 is 0 Å². The Hall–Kier alpha value is -0.865. The van der Waals surface area contributed by atoms with Crippen LogP contribution in [0.15, 0.2) is 24.3 Å². The highest BCUT2D eigenvalue weighted by atomic mass is 19.1. The zero-order valence-electron chi connectivity index (χ0n) is 6.57. The van der Waals surface area contributed by atoms with Crippen LogP contribution in [0, 0.1) is 5.82 Å². The van der Waals surface area contributed by atoms with Gasteiger partial charge in [-0.3, -0.25) is 0 Å². The minimum absolute atomic E-state index is 0.240. The van der Waals surface area contributed by atoms with Crippen molar-refractivity contribution in [3.8, 4) is 0 Å². The standard InChI is InChI=1S/C8H10BFO2/c10-8-3-1-2-7(6-8)4-5-9(11)12/h1-3,6,11-12H,4-5H2. The van der Waals surface area contributed by atoms with E-state index in [1.54, 1.807) is 12.1 Å². The second-order valence-electron chi connectivity index (χ2n) is 2.65.